The Morgan fingerprint density at radius 2 is 1.31 bits per heavy atom. The number of hydrogen-bond donors (Lipinski definition) is 3. The van der Waals surface area contributed by atoms with E-state index in [9.17, 15) is 14.4 Å². The zero-order valence-electron chi connectivity index (χ0n) is 19.6. The summed E-state index contributed by atoms with van der Waals surface area (Å²) >= 11 is 0. The normalized spacial score (nSPS) is 13.7. The van der Waals surface area contributed by atoms with Crippen LogP contribution in [0.1, 0.15) is 35.2 Å². The number of carbonyl (C=O) groups excluding carboxylic acids is 3. The predicted octanol–water partition coefficient (Wildman–Crippen LogP) is 4.68. The fourth-order valence-electron chi connectivity index (χ4n) is 4.12. The van der Waals surface area contributed by atoms with Crippen LogP contribution in [0.25, 0.3) is 0 Å². The molecule has 0 spiro atoms. The summed E-state index contributed by atoms with van der Waals surface area (Å²) in [6.45, 7) is 1.20. The summed E-state index contributed by atoms with van der Waals surface area (Å²) in [6.07, 6.45) is 2.67. The molecule has 7 heteroatoms. The Bertz CT molecular complexity index is 1130. The topological polar surface area (TPSA) is 90.5 Å². The maximum atomic E-state index is 12.9. The van der Waals surface area contributed by atoms with Crippen LogP contribution in [-0.4, -0.2) is 41.9 Å². The van der Waals surface area contributed by atoms with Crippen molar-refractivity contribution in [3.8, 4) is 0 Å². The van der Waals surface area contributed by atoms with E-state index in [0.717, 1.165) is 24.8 Å². The van der Waals surface area contributed by atoms with Crippen molar-refractivity contribution in [2.24, 2.45) is 0 Å². The van der Waals surface area contributed by atoms with Gasteiger partial charge < -0.3 is 20.9 Å². The highest BCUT2D eigenvalue weighted by Gasteiger charge is 2.24. The van der Waals surface area contributed by atoms with Crippen LogP contribution in [-0.2, 0) is 11.2 Å². The first kappa shape index (κ1) is 24.0. The van der Waals surface area contributed by atoms with Gasteiger partial charge in [0, 0.05) is 42.5 Å². The molecule has 3 N–H and O–H groups in total. The van der Waals surface area contributed by atoms with Gasteiger partial charge in [0.15, 0.2) is 0 Å². The Morgan fingerprint density at radius 3 is 1.94 bits per heavy atom. The zero-order chi connectivity index (χ0) is 24.5. The van der Waals surface area contributed by atoms with E-state index in [1.807, 2.05) is 53.4 Å². The van der Waals surface area contributed by atoms with Gasteiger partial charge >= 0.3 is 6.03 Å². The largest absolute Gasteiger partial charge is 0.353 e. The van der Waals surface area contributed by atoms with Crippen molar-refractivity contribution in [1.82, 2.24) is 10.2 Å². The quantitative estimate of drug-likeness (QED) is 0.468. The van der Waals surface area contributed by atoms with Gasteiger partial charge in [-0.2, -0.15) is 0 Å². The van der Waals surface area contributed by atoms with Crippen molar-refractivity contribution in [1.29, 1.82) is 0 Å². The maximum Gasteiger partial charge on any atom is 0.323 e. The lowest BCUT2D eigenvalue weighted by molar-refractivity contribution is -0.122. The van der Waals surface area contributed by atoms with Crippen LogP contribution in [0.2, 0.25) is 0 Å². The van der Waals surface area contributed by atoms with Crippen molar-refractivity contribution >= 4 is 29.2 Å². The third kappa shape index (κ3) is 7.17. The molecule has 0 radical (unpaired) electrons. The molecular formula is C28H30N4O3. The number of anilines is 2. The number of likely N-dealkylation sites (tertiary alicyclic amines) is 1. The Balaban J connectivity index is 1.20. The van der Waals surface area contributed by atoms with Crippen molar-refractivity contribution < 1.29 is 14.4 Å². The Hall–Kier alpha value is -4.13. The summed E-state index contributed by atoms with van der Waals surface area (Å²) < 4.78 is 0. The van der Waals surface area contributed by atoms with Crippen molar-refractivity contribution in [2.45, 2.75) is 31.7 Å². The van der Waals surface area contributed by atoms with Crippen LogP contribution in [0.5, 0.6) is 0 Å². The average Bonchev–Trinajstić information content (AvgIpc) is 2.89. The number of nitrogens with one attached hydrogen (secondary N) is 3. The first-order chi connectivity index (χ1) is 17.1. The first-order valence-corrected chi connectivity index (χ1v) is 11.9. The summed E-state index contributed by atoms with van der Waals surface area (Å²) in [6, 6.07) is 25.8. The van der Waals surface area contributed by atoms with E-state index >= 15 is 0 Å². The summed E-state index contributed by atoms with van der Waals surface area (Å²) in [5.74, 6) is 0.0113. The van der Waals surface area contributed by atoms with Gasteiger partial charge in [0.05, 0.1) is 0 Å². The van der Waals surface area contributed by atoms with Gasteiger partial charge in [-0.25, -0.2) is 4.79 Å². The highest BCUT2D eigenvalue weighted by Crippen LogP contribution is 2.17. The lowest BCUT2D eigenvalue weighted by Crippen LogP contribution is -2.46. The molecule has 4 amide bonds. The minimum atomic E-state index is -0.344. The average molecular weight is 471 g/mol. The number of rotatable bonds is 7. The molecule has 3 aromatic carbocycles. The number of carbonyl (C=O) groups is 3. The smallest absolute Gasteiger partial charge is 0.323 e. The van der Waals surface area contributed by atoms with Gasteiger partial charge in [0.1, 0.15) is 0 Å². The SMILES string of the molecule is O=C(CCc1ccccc1)NC1CCN(C(=O)c2ccc(NC(=O)Nc3ccccc3)cc2)CC1. The number of para-hydroxylation sites is 1. The van der Waals surface area contributed by atoms with Gasteiger partial charge in [-0.15, -0.1) is 0 Å². The standard InChI is InChI=1S/C28H30N4O3/c33-26(16-11-21-7-3-1-4-8-21)29-25-17-19-32(20-18-25)27(34)22-12-14-24(15-13-22)31-28(35)30-23-9-5-2-6-10-23/h1-10,12-15,25H,11,16-20H2,(H,29,33)(H2,30,31,35). The summed E-state index contributed by atoms with van der Waals surface area (Å²) in [5.41, 5.74) is 3.03. The highest BCUT2D eigenvalue weighted by atomic mass is 16.2. The van der Waals surface area contributed by atoms with Crippen molar-refractivity contribution in [2.75, 3.05) is 23.7 Å². The van der Waals surface area contributed by atoms with E-state index < -0.39 is 0 Å². The Morgan fingerprint density at radius 1 is 0.743 bits per heavy atom. The van der Waals surface area contributed by atoms with Gasteiger partial charge in [-0.1, -0.05) is 48.5 Å². The van der Waals surface area contributed by atoms with E-state index in [-0.39, 0.29) is 23.9 Å². The molecule has 4 rings (SSSR count). The van der Waals surface area contributed by atoms with E-state index in [2.05, 4.69) is 16.0 Å². The molecule has 1 saturated heterocycles. The van der Waals surface area contributed by atoms with Crippen LogP contribution in [0.15, 0.2) is 84.9 Å². The molecule has 0 atom stereocenters. The molecule has 1 aliphatic rings. The molecule has 35 heavy (non-hydrogen) atoms. The molecule has 0 aliphatic carbocycles. The summed E-state index contributed by atoms with van der Waals surface area (Å²) in [4.78, 5) is 39.2. The van der Waals surface area contributed by atoms with Crippen LogP contribution in [0.3, 0.4) is 0 Å². The van der Waals surface area contributed by atoms with Crippen LogP contribution in [0, 0.1) is 0 Å². The number of benzene rings is 3. The minimum absolute atomic E-state index is 0.0425. The Kier molecular flexibility index (Phi) is 8.12. The molecule has 0 aromatic heterocycles. The van der Waals surface area contributed by atoms with Crippen LogP contribution in [0.4, 0.5) is 16.2 Å². The molecule has 180 valence electrons. The number of nitrogens with zero attached hydrogens (tertiary/aromatic N) is 1. The highest BCUT2D eigenvalue weighted by molar-refractivity contribution is 6.00. The zero-order valence-corrected chi connectivity index (χ0v) is 19.6. The van der Waals surface area contributed by atoms with Crippen LogP contribution >= 0.6 is 0 Å². The second kappa shape index (κ2) is 11.8. The lowest BCUT2D eigenvalue weighted by atomic mass is 10.0. The van der Waals surface area contributed by atoms with Crippen molar-refractivity contribution in [3.05, 3.63) is 96.1 Å². The molecule has 1 fully saturated rings. The van der Waals surface area contributed by atoms with E-state index in [1.165, 1.54) is 0 Å². The van der Waals surface area contributed by atoms with Crippen LogP contribution < -0.4 is 16.0 Å². The van der Waals surface area contributed by atoms with E-state index in [1.54, 1.807) is 36.4 Å². The molecular weight excluding hydrogens is 440 g/mol. The second-order valence-electron chi connectivity index (χ2n) is 8.64. The van der Waals surface area contributed by atoms with Gasteiger partial charge in [-0.3, -0.25) is 9.59 Å². The third-order valence-electron chi connectivity index (χ3n) is 6.05. The second-order valence-corrected chi connectivity index (χ2v) is 8.64. The first-order valence-electron chi connectivity index (χ1n) is 11.9. The lowest BCUT2D eigenvalue weighted by Gasteiger charge is -2.32. The number of aryl methyl sites for hydroxylation is 1. The van der Waals surface area contributed by atoms with Crippen molar-refractivity contribution in [3.63, 3.8) is 0 Å². The fraction of sp³-hybridized carbons (Fsp3) is 0.250. The summed E-state index contributed by atoms with van der Waals surface area (Å²) in [5, 5.41) is 8.63. The minimum Gasteiger partial charge on any atom is -0.353 e. The third-order valence-corrected chi connectivity index (χ3v) is 6.05. The summed E-state index contributed by atoms with van der Waals surface area (Å²) in [7, 11) is 0. The monoisotopic (exact) mass is 470 g/mol. The number of hydrogen-bond acceptors (Lipinski definition) is 3. The number of urea groups is 1. The predicted molar refractivity (Wildman–Crippen MR) is 137 cm³/mol. The Labute approximate surface area is 205 Å². The molecule has 1 heterocycles. The van der Waals surface area contributed by atoms with E-state index in [0.29, 0.717) is 36.4 Å². The fourth-order valence-corrected chi connectivity index (χ4v) is 4.12. The maximum absolute atomic E-state index is 12.9. The molecule has 7 nitrogen and oxygen atoms in total. The molecule has 0 saturated carbocycles. The van der Waals surface area contributed by atoms with E-state index in [4.69, 9.17) is 0 Å². The molecule has 0 bridgehead atoms. The molecule has 1 aliphatic heterocycles. The van der Waals surface area contributed by atoms with Gasteiger partial charge in [0.25, 0.3) is 5.91 Å². The number of piperidine rings is 1. The van der Waals surface area contributed by atoms with Gasteiger partial charge in [-0.05, 0) is 61.2 Å². The molecule has 3 aromatic rings. The molecule has 0 unspecified atom stereocenters. The number of amides is 4. The van der Waals surface area contributed by atoms with Gasteiger partial charge in [0.2, 0.25) is 5.91 Å².